The second kappa shape index (κ2) is 2.70. The van der Waals surface area contributed by atoms with Gasteiger partial charge in [-0.25, -0.2) is 0 Å². The summed E-state index contributed by atoms with van der Waals surface area (Å²) in [5, 5.41) is 0. The third-order valence-electron chi connectivity index (χ3n) is 2.88. The van der Waals surface area contributed by atoms with Crippen LogP contribution in [0.4, 0.5) is 0 Å². The van der Waals surface area contributed by atoms with Gasteiger partial charge in [-0.2, -0.15) is 0 Å². The molecule has 13 heavy (non-hydrogen) atoms. The Morgan fingerprint density at radius 2 is 1.38 bits per heavy atom. The van der Waals surface area contributed by atoms with Crippen molar-refractivity contribution in [1.82, 2.24) is 0 Å². The maximum absolute atomic E-state index is 11.0. The first kappa shape index (κ1) is 8.50. The minimum Gasteiger partial charge on any atom is -0.370 e. The molecule has 5 nitrogen and oxygen atoms in total. The van der Waals surface area contributed by atoms with Gasteiger partial charge in [0.05, 0.1) is 24.0 Å². The van der Waals surface area contributed by atoms with E-state index < -0.39 is 23.7 Å². The lowest BCUT2D eigenvalue weighted by Crippen LogP contribution is -2.41. The van der Waals surface area contributed by atoms with Crippen LogP contribution in [0.5, 0.6) is 0 Å². The average Bonchev–Trinajstić information content (AvgIpc) is 2.78. The number of amides is 2. The molecule has 0 radical (unpaired) electrons. The molecule has 2 amide bonds. The SMILES string of the molecule is NC(=O)C1CC2OC2CC1C(N)=O. The third kappa shape index (κ3) is 1.39. The number of hydrogen-bond acceptors (Lipinski definition) is 3. The minimum atomic E-state index is -0.447. The first-order chi connectivity index (χ1) is 6.09. The number of primary amides is 2. The number of ether oxygens (including phenoxy) is 1. The van der Waals surface area contributed by atoms with E-state index in [1.54, 1.807) is 0 Å². The van der Waals surface area contributed by atoms with Crippen LogP contribution in [0.1, 0.15) is 12.8 Å². The second-order valence-electron chi connectivity index (χ2n) is 3.70. The zero-order valence-electron chi connectivity index (χ0n) is 7.10. The molecule has 4 unspecified atom stereocenters. The van der Waals surface area contributed by atoms with Crippen LogP contribution < -0.4 is 11.5 Å². The lowest BCUT2D eigenvalue weighted by molar-refractivity contribution is -0.132. The van der Waals surface area contributed by atoms with Gasteiger partial charge in [0.1, 0.15) is 0 Å². The zero-order chi connectivity index (χ0) is 9.59. The van der Waals surface area contributed by atoms with Gasteiger partial charge in [0.15, 0.2) is 0 Å². The summed E-state index contributed by atoms with van der Waals surface area (Å²) in [7, 11) is 0. The molecule has 2 aliphatic rings. The highest BCUT2D eigenvalue weighted by Crippen LogP contribution is 2.42. The summed E-state index contributed by atoms with van der Waals surface area (Å²) in [6, 6.07) is 0. The number of rotatable bonds is 2. The van der Waals surface area contributed by atoms with Gasteiger partial charge in [0.2, 0.25) is 11.8 Å². The number of nitrogens with two attached hydrogens (primary N) is 2. The molecular formula is C8H12N2O3. The van der Waals surface area contributed by atoms with Crippen LogP contribution >= 0.6 is 0 Å². The van der Waals surface area contributed by atoms with E-state index in [1.165, 1.54) is 0 Å². The van der Waals surface area contributed by atoms with Crippen molar-refractivity contribution in [3.63, 3.8) is 0 Å². The molecule has 4 N–H and O–H groups in total. The van der Waals surface area contributed by atoms with Gasteiger partial charge in [0, 0.05) is 0 Å². The maximum Gasteiger partial charge on any atom is 0.221 e. The molecule has 2 rings (SSSR count). The highest BCUT2D eigenvalue weighted by Gasteiger charge is 2.51. The molecule has 0 aromatic rings. The molecule has 1 saturated heterocycles. The van der Waals surface area contributed by atoms with Crippen molar-refractivity contribution in [2.24, 2.45) is 23.3 Å². The normalized spacial score (nSPS) is 42.2. The Labute approximate surface area is 75.4 Å². The predicted octanol–water partition coefficient (Wildman–Crippen LogP) is -1.25. The second-order valence-corrected chi connectivity index (χ2v) is 3.70. The fraction of sp³-hybridized carbons (Fsp3) is 0.750. The number of carbonyl (C=O) groups excluding carboxylic acids is 2. The largest absolute Gasteiger partial charge is 0.370 e. The molecule has 1 aliphatic carbocycles. The van der Waals surface area contributed by atoms with Gasteiger partial charge >= 0.3 is 0 Å². The van der Waals surface area contributed by atoms with Gasteiger partial charge in [-0.05, 0) is 12.8 Å². The molecule has 0 spiro atoms. The number of hydrogen-bond donors (Lipinski definition) is 2. The van der Waals surface area contributed by atoms with E-state index in [-0.39, 0.29) is 12.2 Å². The van der Waals surface area contributed by atoms with Crippen molar-refractivity contribution >= 4 is 11.8 Å². The summed E-state index contributed by atoms with van der Waals surface area (Å²) in [6.45, 7) is 0. The Kier molecular flexibility index (Phi) is 1.76. The Morgan fingerprint density at radius 1 is 1.00 bits per heavy atom. The van der Waals surface area contributed by atoms with E-state index in [9.17, 15) is 9.59 Å². The first-order valence-electron chi connectivity index (χ1n) is 4.33. The fourth-order valence-electron chi connectivity index (χ4n) is 2.05. The molecule has 0 bridgehead atoms. The van der Waals surface area contributed by atoms with Crippen molar-refractivity contribution in [2.45, 2.75) is 25.0 Å². The minimum absolute atomic E-state index is 0.132. The van der Waals surface area contributed by atoms with E-state index >= 15 is 0 Å². The van der Waals surface area contributed by atoms with Crippen molar-refractivity contribution < 1.29 is 14.3 Å². The number of carbonyl (C=O) groups is 2. The van der Waals surface area contributed by atoms with Crippen LogP contribution in [-0.2, 0) is 14.3 Å². The van der Waals surface area contributed by atoms with Gasteiger partial charge in [-0.3, -0.25) is 9.59 Å². The average molecular weight is 184 g/mol. The Balaban J connectivity index is 2.12. The zero-order valence-corrected chi connectivity index (χ0v) is 7.10. The van der Waals surface area contributed by atoms with Crippen LogP contribution in [0.15, 0.2) is 0 Å². The summed E-state index contributed by atoms with van der Waals surface area (Å²) in [5.41, 5.74) is 10.3. The molecule has 1 aliphatic heterocycles. The van der Waals surface area contributed by atoms with Crippen molar-refractivity contribution in [3.8, 4) is 0 Å². The van der Waals surface area contributed by atoms with E-state index in [1.807, 2.05) is 0 Å². The molecule has 0 aromatic heterocycles. The molecule has 2 fully saturated rings. The highest BCUT2D eigenvalue weighted by molar-refractivity contribution is 5.86. The van der Waals surface area contributed by atoms with Crippen LogP contribution in [0.25, 0.3) is 0 Å². The summed E-state index contributed by atoms with van der Waals surface area (Å²) >= 11 is 0. The molecule has 1 heterocycles. The van der Waals surface area contributed by atoms with Crippen molar-refractivity contribution in [2.75, 3.05) is 0 Å². The Hall–Kier alpha value is -1.10. The van der Waals surface area contributed by atoms with E-state index in [2.05, 4.69) is 0 Å². The lowest BCUT2D eigenvalue weighted by atomic mass is 9.78. The smallest absolute Gasteiger partial charge is 0.221 e. The first-order valence-corrected chi connectivity index (χ1v) is 4.33. The van der Waals surface area contributed by atoms with Crippen LogP contribution in [0.2, 0.25) is 0 Å². The molecule has 4 atom stereocenters. The van der Waals surface area contributed by atoms with Gasteiger partial charge in [-0.1, -0.05) is 0 Å². The molecule has 72 valence electrons. The Bertz CT molecular complexity index is 240. The number of epoxide rings is 1. The monoisotopic (exact) mass is 184 g/mol. The Morgan fingerprint density at radius 3 is 1.69 bits per heavy atom. The van der Waals surface area contributed by atoms with Crippen LogP contribution in [-0.4, -0.2) is 24.0 Å². The molecular weight excluding hydrogens is 172 g/mol. The van der Waals surface area contributed by atoms with Gasteiger partial charge < -0.3 is 16.2 Å². The van der Waals surface area contributed by atoms with Gasteiger partial charge in [-0.15, -0.1) is 0 Å². The summed E-state index contributed by atoms with van der Waals surface area (Å²) < 4.78 is 5.22. The quantitative estimate of drug-likeness (QED) is 0.524. The summed E-state index contributed by atoms with van der Waals surface area (Å²) in [6.07, 6.45) is 1.36. The van der Waals surface area contributed by atoms with E-state index in [4.69, 9.17) is 16.2 Å². The standard InChI is InChI=1S/C8H12N2O3/c9-7(11)3-1-5-6(13-5)2-4(3)8(10)12/h3-6H,1-2H2,(H2,9,11)(H2,10,12). The molecule has 5 heteroatoms. The number of fused-ring (bicyclic) bond motifs is 1. The third-order valence-corrected chi connectivity index (χ3v) is 2.88. The van der Waals surface area contributed by atoms with Gasteiger partial charge in [0.25, 0.3) is 0 Å². The molecule has 0 aromatic carbocycles. The summed E-state index contributed by atoms with van der Waals surface area (Å²) in [5.74, 6) is -1.75. The van der Waals surface area contributed by atoms with E-state index in [0.717, 1.165) is 0 Å². The van der Waals surface area contributed by atoms with Crippen LogP contribution in [0, 0.1) is 11.8 Å². The van der Waals surface area contributed by atoms with E-state index in [0.29, 0.717) is 12.8 Å². The predicted molar refractivity (Wildman–Crippen MR) is 43.3 cm³/mol. The lowest BCUT2D eigenvalue weighted by Gasteiger charge is -2.23. The summed E-state index contributed by atoms with van der Waals surface area (Å²) in [4.78, 5) is 22.0. The van der Waals surface area contributed by atoms with Crippen LogP contribution in [0.3, 0.4) is 0 Å². The highest BCUT2D eigenvalue weighted by atomic mass is 16.6. The molecule has 1 saturated carbocycles. The topological polar surface area (TPSA) is 98.7 Å². The van der Waals surface area contributed by atoms with Crippen molar-refractivity contribution in [3.05, 3.63) is 0 Å². The maximum atomic E-state index is 11.0. The fourth-order valence-corrected chi connectivity index (χ4v) is 2.05. The van der Waals surface area contributed by atoms with Crippen molar-refractivity contribution in [1.29, 1.82) is 0 Å².